The molecule has 0 heterocycles. The third-order valence-electron chi connectivity index (χ3n) is 1.42. The van der Waals surface area contributed by atoms with Gasteiger partial charge in [0.15, 0.2) is 6.29 Å². The van der Waals surface area contributed by atoms with Gasteiger partial charge in [0.2, 0.25) is 0 Å². The van der Waals surface area contributed by atoms with E-state index in [9.17, 15) is 4.79 Å². The SMILES string of the molecule is Cl.O=CC(O)C(O)C(O)C(O)CO. The third-order valence-corrected chi connectivity index (χ3v) is 1.42. The van der Waals surface area contributed by atoms with Crippen LogP contribution in [0, 0.1) is 0 Å². The Labute approximate surface area is 80.8 Å². The highest BCUT2D eigenvalue weighted by Gasteiger charge is 2.29. The Morgan fingerprint density at radius 2 is 1.54 bits per heavy atom. The van der Waals surface area contributed by atoms with Crippen molar-refractivity contribution in [3.63, 3.8) is 0 Å². The molecule has 0 spiro atoms. The summed E-state index contributed by atoms with van der Waals surface area (Å²) >= 11 is 0. The Bertz CT molecular complexity index is 143. The number of rotatable bonds is 5. The standard InChI is InChI=1S/C6H12O6.ClH/c7-1-3(9)5(11)6(12)4(10)2-8;/h1,3-6,8-12H,2H2;1H. The molecule has 0 rings (SSSR count). The first-order valence-electron chi connectivity index (χ1n) is 3.33. The molecule has 5 N–H and O–H groups in total. The number of carbonyl (C=O) groups is 1. The van der Waals surface area contributed by atoms with Crippen LogP contribution in [-0.4, -0.2) is 62.8 Å². The molecule has 0 aromatic carbocycles. The molecular weight excluding hydrogens is 204 g/mol. The number of hydrogen-bond acceptors (Lipinski definition) is 6. The fourth-order valence-corrected chi connectivity index (χ4v) is 0.618. The van der Waals surface area contributed by atoms with Crippen LogP contribution in [0.3, 0.4) is 0 Å². The van der Waals surface area contributed by atoms with Gasteiger partial charge in [0.05, 0.1) is 6.61 Å². The summed E-state index contributed by atoms with van der Waals surface area (Å²) in [5, 5.41) is 43.5. The van der Waals surface area contributed by atoms with E-state index in [1.807, 2.05) is 0 Å². The average molecular weight is 217 g/mol. The molecule has 0 saturated carbocycles. The Morgan fingerprint density at radius 3 is 1.85 bits per heavy atom. The van der Waals surface area contributed by atoms with E-state index in [0.717, 1.165) is 0 Å². The smallest absolute Gasteiger partial charge is 0.151 e. The van der Waals surface area contributed by atoms with Crippen molar-refractivity contribution < 1.29 is 30.3 Å². The number of aliphatic hydroxyl groups is 5. The van der Waals surface area contributed by atoms with Crippen LogP contribution < -0.4 is 0 Å². The van der Waals surface area contributed by atoms with Crippen molar-refractivity contribution in [2.24, 2.45) is 0 Å². The minimum Gasteiger partial charge on any atom is -0.394 e. The van der Waals surface area contributed by atoms with Crippen LogP contribution in [0.2, 0.25) is 0 Å². The number of halogens is 1. The molecule has 0 aromatic heterocycles. The highest BCUT2D eigenvalue weighted by molar-refractivity contribution is 5.85. The molecule has 4 atom stereocenters. The maximum Gasteiger partial charge on any atom is 0.151 e. The molecule has 80 valence electrons. The van der Waals surface area contributed by atoms with Crippen molar-refractivity contribution in [2.45, 2.75) is 24.4 Å². The first-order chi connectivity index (χ1) is 5.54. The van der Waals surface area contributed by atoms with E-state index in [4.69, 9.17) is 25.5 Å². The lowest BCUT2D eigenvalue weighted by atomic mass is 10.0. The van der Waals surface area contributed by atoms with Crippen molar-refractivity contribution in [3.8, 4) is 0 Å². The average Bonchev–Trinajstić information content (AvgIpc) is 2.12. The Kier molecular flexibility index (Phi) is 8.43. The molecule has 0 fully saturated rings. The van der Waals surface area contributed by atoms with Crippen molar-refractivity contribution >= 4 is 18.7 Å². The molecule has 0 bridgehead atoms. The van der Waals surface area contributed by atoms with Crippen molar-refractivity contribution in [3.05, 3.63) is 0 Å². The molecule has 13 heavy (non-hydrogen) atoms. The Morgan fingerprint density at radius 1 is 1.08 bits per heavy atom. The predicted octanol–water partition coefficient (Wildman–Crippen LogP) is -2.96. The van der Waals surface area contributed by atoms with Gasteiger partial charge < -0.3 is 30.3 Å². The van der Waals surface area contributed by atoms with Crippen LogP contribution in [0.15, 0.2) is 0 Å². The highest BCUT2D eigenvalue weighted by atomic mass is 35.5. The van der Waals surface area contributed by atoms with E-state index < -0.39 is 31.0 Å². The van der Waals surface area contributed by atoms with Crippen molar-refractivity contribution in [1.29, 1.82) is 0 Å². The van der Waals surface area contributed by atoms with Gasteiger partial charge in [-0.1, -0.05) is 0 Å². The van der Waals surface area contributed by atoms with Gasteiger partial charge >= 0.3 is 0 Å². The first-order valence-corrected chi connectivity index (χ1v) is 3.33. The monoisotopic (exact) mass is 216 g/mol. The lowest BCUT2D eigenvalue weighted by Crippen LogP contribution is -2.46. The second-order valence-corrected chi connectivity index (χ2v) is 2.36. The van der Waals surface area contributed by atoms with Crippen LogP contribution in [0.5, 0.6) is 0 Å². The van der Waals surface area contributed by atoms with Crippen LogP contribution >= 0.6 is 12.4 Å². The van der Waals surface area contributed by atoms with E-state index in [1.165, 1.54) is 0 Å². The molecule has 0 aliphatic carbocycles. The Hall–Kier alpha value is -0.240. The van der Waals surface area contributed by atoms with E-state index in [1.54, 1.807) is 0 Å². The van der Waals surface area contributed by atoms with Gasteiger partial charge in [0.25, 0.3) is 0 Å². The fraction of sp³-hybridized carbons (Fsp3) is 0.833. The predicted molar refractivity (Wildman–Crippen MR) is 44.4 cm³/mol. The van der Waals surface area contributed by atoms with E-state index in [-0.39, 0.29) is 18.7 Å². The van der Waals surface area contributed by atoms with Crippen LogP contribution in [0.25, 0.3) is 0 Å². The van der Waals surface area contributed by atoms with Crippen molar-refractivity contribution in [1.82, 2.24) is 0 Å². The molecule has 0 aliphatic heterocycles. The second kappa shape index (κ2) is 7.19. The lowest BCUT2D eigenvalue weighted by molar-refractivity contribution is -0.136. The topological polar surface area (TPSA) is 118 Å². The van der Waals surface area contributed by atoms with Crippen molar-refractivity contribution in [2.75, 3.05) is 6.61 Å². The quantitative estimate of drug-likeness (QED) is 0.314. The summed E-state index contributed by atoms with van der Waals surface area (Å²) in [7, 11) is 0. The number of hydrogen-bond donors (Lipinski definition) is 5. The van der Waals surface area contributed by atoms with Crippen LogP contribution in [0.4, 0.5) is 0 Å². The van der Waals surface area contributed by atoms with Gasteiger partial charge in [0.1, 0.15) is 24.4 Å². The third kappa shape index (κ3) is 4.51. The minimum atomic E-state index is -1.79. The van der Waals surface area contributed by atoms with Gasteiger partial charge in [-0.15, -0.1) is 12.4 Å². The molecule has 7 heteroatoms. The second-order valence-electron chi connectivity index (χ2n) is 2.36. The molecule has 0 amide bonds. The van der Waals surface area contributed by atoms with E-state index in [0.29, 0.717) is 0 Å². The molecule has 6 nitrogen and oxygen atoms in total. The molecule has 0 aromatic rings. The van der Waals surface area contributed by atoms with Gasteiger partial charge in [0, 0.05) is 0 Å². The van der Waals surface area contributed by atoms with Gasteiger partial charge in [-0.25, -0.2) is 0 Å². The zero-order valence-corrected chi connectivity index (χ0v) is 7.46. The summed E-state index contributed by atoms with van der Waals surface area (Å²) in [5.41, 5.74) is 0. The van der Waals surface area contributed by atoms with E-state index >= 15 is 0 Å². The minimum absolute atomic E-state index is 0. The molecule has 4 unspecified atom stereocenters. The summed E-state index contributed by atoms with van der Waals surface area (Å²) in [5.74, 6) is 0. The summed E-state index contributed by atoms with van der Waals surface area (Å²) < 4.78 is 0. The maximum atomic E-state index is 9.90. The molecule has 0 saturated heterocycles. The van der Waals surface area contributed by atoms with E-state index in [2.05, 4.69) is 0 Å². The van der Waals surface area contributed by atoms with Gasteiger partial charge in [-0.05, 0) is 0 Å². The lowest BCUT2D eigenvalue weighted by Gasteiger charge is -2.22. The zero-order valence-electron chi connectivity index (χ0n) is 6.65. The van der Waals surface area contributed by atoms with Crippen LogP contribution in [-0.2, 0) is 4.79 Å². The van der Waals surface area contributed by atoms with Gasteiger partial charge in [-0.2, -0.15) is 0 Å². The molecule has 0 aliphatic rings. The normalized spacial score (nSPS) is 19.5. The maximum absolute atomic E-state index is 9.90. The zero-order chi connectivity index (χ0) is 9.72. The summed E-state index contributed by atoms with van der Waals surface area (Å²) in [6.45, 7) is -0.760. The molecular formula is C6H13ClO6. The highest BCUT2D eigenvalue weighted by Crippen LogP contribution is 2.02. The number of carbonyl (C=O) groups excluding carboxylic acids is 1. The fourth-order valence-electron chi connectivity index (χ4n) is 0.618. The summed E-state index contributed by atoms with van der Waals surface area (Å²) in [6.07, 6.45) is -6.84. The van der Waals surface area contributed by atoms with Gasteiger partial charge in [-0.3, -0.25) is 0 Å². The largest absolute Gasteiger partial charge is 0.394 e. The molecule has 0 radical (unpaired) electrons. The Balaban J connectivity index is 0. The number of aldehydes is 1. The summed E-state index contributed by atoms with van der Waals surface area (Å²) in [4.78, 5) is 9.90. The summed E-state index contributed by atoms with van der Waals surface area (Å²) in [6, 6.07) is 0. The number of aliphatic hydroxyl groups excluding tert-OH is 5. The van der Waals surface area contributed by atoms with Crippen LogP contribution in [0.1, 0.15) is 0 Å². The first kappa shape index (κ1) is 15.2.